The van der Waals surface area contributed by atoms with E-state index in [2.05, 4.69) is 5.32 Å². The van der Waals surface area contributed by atoms with Crippen LogP contribution in [0.5, 0.6) is 0 Å². The molecule has 3 N–H and O–H groups in total. The summed E-state index contributed by atoms with van der Waals surface area (Å²) in [5.41, 5.74) is 0. The van der Waals surface area contributed by atoms with Crippen molar-refractivity contribution in [1.29, 1.82) is 0 Å². The zero-order valence-electron chi connectivity index (χ0n) is 9.58. The maximum Gasteiger partial charge on any atom is 0.408 e. The van der Waals surface area contributed by atoms with E-state index < -0.39 is 30.2 Å². The Bertz CT molecular complexity index is 346. The van der Waals surface area contributed by atoms with E-state index >= 15 is 0 Å². The van der Waals surface area contributed by atoms with Crippen LogP contribution in [0.15, 0.2) is 0 Å². The van der Waals surface area contributed by atoms with E-state index in [1.165, 1.54) is 7.05 Å². The molecule has 1 heterocycles. The van der Waals surface area contributed by atoms with Crippen LogP contribution in [0.3, 0.4) is 0 Å². The van der Waals surface area contributed by atoms with Crippen molar-refractivity contribution in [2.24, 2.45) is 0 Å². The SMILES string of the molecule is CNC(=O)[C@H]1CN(C(=O)O)[C@H](C)CN1C(=O)O. The summed E-state index contributed by atoms with van der Waals surface area (Å²) in [7, 11) is 1.38. The van der Waals surface area contributed by atoms with Crippen LogP contribution < -0.4 is 5.32 Å². The van der Waals surface area contributed by atoms with Gasteiger partial charge in [0.15, 0.2) is 0 Å². The van der Waals surface area contributed by atoms with Gasteiger partial charge in [-0.3, -0.25) is 9.69 Å². The summed E-state index contributed by atoms with van der Waals surface area (Å²) in [5, 5.41) is 20.2. The molecule has 2 atom stereocenters. The number of hydrogen-bond acceptors (Lipinski definition) is 3. The molecular weight excluding hydrogens is 230 g/mol. The molecular formula is C9H15N3O5. The molecule has 0 aromatic rings. The normalized spacial score (nSPS) is 24.4. The predicted molar refractivity (Wildman–Crippen MR) is 56.8 cm³/mol. The Balaban J connectivity index is 2.92. The van der Waals surface area contributed by atoms with Crippen LogP contribution in [-0.2, 0) is 4.79 Å². The highest BCUT2D eigenvalue weighted by Gasteiger charge is 2.40. The fraction of sp³-hybridized carbons (Fsp3) is 0.667. The van der Waals surface area contributed by atoms with E-state index in [0.29, 0.717) is 0 Å². The minimum absolute atomic E-state index is 0.0142. The van der Waals surface area contributed by atoms with E-state index in [0.717, 1.165) is 9.80 Å². The third-order valence-electron chi connectivity index (χ3n) is 2.78. The Morgan fingerprint density at radius 2 is 1.65 bits per heavy atom. The van der Waals surface area contributed by atoms with Gasteiger partial charge in [0, 0.05) is 13.6 Å². The van der Waals surface area contributed by atoms with Gasteiger partial charge >= 0.3 is 12.2 Å². The predicted octanol–water partition coefficient (Wildman–Crippen LogP) is -0.537. The topological polar surface area (TPSA) is 110 Å². The van der Waals surface area contributed by atoms with Gasteiger partial charge in [0.1, 0.15) is 6.04 Å². The number of likely N-dealkylation sites (N-methyl/N-ethyl adjacent to an activating group) is 1. The summed E-state index contributed by atoms with van der Waals surface area (Å²) in [4.78, 5) is 35.5. The van der Waals surface area contributed by atoms with Crippen molar-refractivity contribution in [2.45, 2.75) is 19.0 Å². The van der Waals surface area contributed by atoms with Crippen LogP contribution in [0.25, 0.3) is 0 Å². The lowest BCUT2D eigenvalue weighted by Gasteiger charge is -2.41. The number of amides is 3. The summed E-state index contributed by atoms with van der Waals surface area (Å²) in [6.45, 7) is 1.44. The van der Waals surface area contributed by atoms with Crippen molar-refractivity contribution < 1.29 is 24.6 Å². The number of rotatable bonds is 1. The molecule has 8 heteroatoms. The van der Waals surface area contributed by atoms with E-state index in [-0.39, 0.29) is 13.1 Å². The monoisotopic (exact) mass is 245 g/mol. The standard InChI is InChI=1S/C9H15N3O5/c1-5-3-12(9(16)17)6(7(13)10-2)4-11(5)8(14)15/h5-6H,3-4H2,1-2H3,(H,10,13)(H,14,15)(H,16,17)/t5-,6-/m1/s1. The molecule has 0 spiro atoms. The third-order valence-corrected chi connectivity index (χ3v) is 2.78. The van der Waals surface area contributed by atoms with Crippen LogP contribution in [0, 0.1) is 0 Å². The summed E-state index contributed by atoms with van der Waals surface area (Å²) in [6, 6.07) is -1.46. The fourth-order valence-electron chi connectivity index (χ4n) is 1.84. The van der Waals surface area contributed by atoms with Gasteiger partial charge in [-0.25, -0.2) is 9.59 Å². The molecule has 3 amide bonds. The van der Waals surface area contributed by atoms with Crippen molar-refractivity contribution in [3.63, 3.8) is 0 Å². The molecule has 0 aliphatic carbocycles. The lowest BCUT2D eigenvalue weighted by Crippen LogP contribution is -2.63. The first-order chi connectivity index (χ1) is 7.88. The highest BCUT2D eigenvalue weighted by Crippen LogP contribution is 2.16. The molecule has 0 saturated carbocycles. The Morgan fingerprint density at radius 3 is 2.06 bits per heavy atom. The Labute approximate surface area is 97.8 Å². The van der Waals surface area contributed by atoms with Crippen molar-refractivity contribution in [1.82, 2.24) is 15.1 Å². The maximum atomic E-state index is 11.5. The Hall–Kier alpha value is -1.99. The van der Waals surface area contributed by atoms with Crippen LogP contribution in [-0.4, -0.2) is 70.3 Å². The molecule has 0 aromatic carbocycles. The third kappa shape index (κ3) is 2.58. The van der Waals surface area contributed by atoms with E-state index in [1.807, 2.05) is 0 Å². The molecule has 1 saturated heterocycles. The van der Waals surface area contributed by atoms with Crippen molar-refractivity contribution in [3.05, 3.63) is 0 Å². The molecule has 1 aliphatic rings. The second kappa shape index (κ2) is 4.89. The molecule has 0 bridgehead atoms. The summed E-state index contributed by atoms with van der Waals surface area (Å²) < 4.78 is 0. The number of nitrogens with one attached hydrogen (secondary N) is 1. The second-order valence-corrected chi connectivity index (χ2v) is 3.85. The van der Waals surface area contributed by atoms with Crippen LogP contribution in [0.2, 0.25) is 0 Å². The van der Waals surface area contributed by atoms with Gasteiger partial charge < -0.3 is 20.4 Å². The largest absolute Gasteiger partial charge is 0.465 e. The first-order valence-corrected chi connectivity index (χ1v) is 5.09. The average molecular weight is 245 g/mol. The second-order valence-electron chi connectivity index (χ2n) is 3.85. The molecule has 0 radical (unpaired) electrons. The molecule has 8 nitrogen and oxygen atoms in total. The van der Waals surface area contributed by atoms with Gasteiger partial charge in [0.25, 0.3) is 0 Å². The van der Waals surface area contributed by atoms with Crippen molar-refractivity contribution in [2.75, 3.05) is 20.1 Å². The zero-order valence-corrected chi connectivity index (χ0v) is 9.58. The van der Waals surface area contributed by atoms with E-state index in [4.69, 9.17) is 10.2 Å². The molecule has 1 fully saturated rings. The zero-order chi connectivity index (χ0) is 13.2. The van der Waals surface area contributed by atoms with Crippen LogP contribution in [0.4, 0.5) is 9.59 Å². The minimum Gasteiger partial charge on any atom is -0.465 e. The van der Waals surface area contributed by atoms with E-state index in [1.54, 1.807) is 6.92 Å². The van der Waals surface area contributed by atoms with E-state index in [9.17, 15) is 14.4 Å². The highest BCUT2D eigenvalue weighted by atomic mass is 16.4. The van der Waals surface area contributed by atoms with Crippen molar-refractivity contribution >= 4 is 18.1 Å². The van der Waals surface area contributed by atoms with Gasteiger partial charge in [-0.1, -0.05) is 0 Å². The maximum absolute atomic E-state index is 11.5. The number of carbonyl (C=O) groups is 3. The van der Waals surface area contributed by atoms with Gasteiger partial charge in [-0.15, -0.1) is 0 Å². The molecule has 96 valence electrons. The molecule has 17 heavy (non-hydrogen) atoms. The van der Waals surface area contributed by atoms with Gasteiger partial charge in [0.2, 0.25) is 5.91 Å². The smallest absolute Gasteiger partial charge is 0.408 e. The van der Waals surface area contributed by atoms with Gasteiger partial charge in [-0.05, 0) is 6.92 Å². The number of carboxylic acid groups (broad SMARTS) is 2. The number of hydrogen-bond donors (Lipinski definition) is 3. The average Bonchev–Trinajstić information content (AvgIpc) is 2.26. The quantitative estimate of drug-likeness (QED) is 0.574. The molecule has 1 rings (SSSR count). The highest BCUT2D eigenvalue weighted by molar-refractivity contribution is 5.86. The number of nitrogens with zero attached hydrogens (tertiary/aromatic N) is 2. The van der Waals surface area contributed by atoms with Crippen LogP contribution in [0.1, 0.15) is 6.92 Å². The lowest BCUT2D eigenvalue weighted by atomic mass is 10.1. The lowest BCUT2D eigenvalue weighted by molar-refractivity contribution is -0.127. The first kappa shape index (κ1) is 13.1. The molecule has 0 unspecified atom stereocenters. The van der Waals surface area contributed by atoms with Crippen molar-refractivity contribution in [3.8, 4) is 0 Å². The summed E-state index contributed by atoms with van der Waals surface area (Å²) in [5.74, 6) is -0.509. The van der Waals surface area contributed by atoms with Crippen LogP contribution >= 0.6 is 0 Å². The Kier molecular flexibility index (Phi) is 3.77. The first-order valence-electron chi connectivity index (χ1n) is 5.09. The Morgan fingerprint density at radius 1 is 1.12 bits per heavy atom. The van der Waals surface area contributed by atoms with Gasteiger partial charge in [0.05, 0.1) is 12.6 Å². The number of carbonyl (C=O) groups excluding carboxylic acids is 1. The summed E-state index contributed by atoms with van der Waals surface area (Å²) in [6.07, 6.45) is -2.38. The summed E-state index contributed by atoms with van der Waals surface area (Å²) >= 11 is 0. The van der Waals surface area contributed by atoms with Gasteiger partial charge in [-0.2, -0.15) is 0 Å². The molecule has 0 aromatic heterocycles. The number of piperazine rings is 1. The minimum atomic E-state index is -1.23. The molecule has 1 aliphatic heterocycles. The fourth-order valence-corrected chi connectivity index (χ4v) is 1.84.